The first kappa shape index (κ1) is 12.7. The Kier molecular flexibility index (Phi) is 3.58. The minimum atomic E-state index is -0.0608. The van der Waals surface area contributed by atoms with Crippen molar-refractivity contribution in [3.63, 3.8) is 0 Å². The molecular formula is C12H11N3OS3. The van der Waals surface area contributed by atoms with E-state index in [1.165, 1.54) is 11.3 Å². The smallest absolute Gasteiger partial charge is 0.232 e. The summed E-state index contributed by atoms with van der Waals surface area (Å²) in [6.07, 6.45) is 1.22. The van der Waals surface area contributed by atoms with E-state index in [1.54, 1.807) is 22.7 Å². The second-order valence-corrected chi connectivity index (χ2v) is 7.04. The summed E-state index contributed by atoms with van der Waals surface area (Å²) in [7, 11) is 0. The molecule has 3 heterocycles. The highest BCUT2D eigenvalue weighted by molar-refractivity contribution is 7.39. The molecule has 0 radical (unpaired) electrons. The molecule has 0 aliphatic carbocycles. The lowest BCUT2D eigenvalue weighted by Gasteiger charge is -1.98. The number of carbonyl (C=O) groups excluding carboxylic acids is 1. The van der Waals surface area contributed by atoms with Crippen molar-refractivity contribution in [2.24, 2.45) is 0 Å². The molecule has 0 spiro atoms. The second-order valence-electron chi connectivity index (χ2n) is 3.92. The van der Waals surface area contributed by atoms with Gasteiger partial charge in [-0.2, -0.15) is 0 Å². The highest BCUT2D eigenvalue weighted by Gasteiger charge is 2.11. The van der Waals surface area contributed by atoms with E-state index < -0.39 is 0 Å². The van der Waals surface area contributed by atoms with Crippen LogP contribution in [0.5, 0.6) is 0 Å². The van der Waals surface area contributed by atoms with Gasteiger partial charge in [-0.3, -0.25) is 4.79 Å². The Hall–Kier alpha value is -1.31. The van der Waals surface area contributed by atoms with Crippen LogP contribution < -0.4 is 5.32 Å². The third-order valence-corrected chi connectivity index (χ3v) is 5.57. The van der Waals surface area contributed by atoms with Crippen LogP contribution in [0.15, 0.2) is 16.8 Å². The molecule has 4 nitrogen and oxygen atoms in total. The van der Waals surface area contributed by atoms with Gasteiger partial charge >= 0.3 is 0 Å². The molecule has 0 fully saturated rings. The molecule has 3 aromatic heterocycles. The Bertz CT molecular complexity index is 684. The topological polar surface area (TPSA) is 54.9 Å². The predicted octanol–water partition coefficient (Wildman–Crippen LogP) is 3.56. The van der Waals surface area contributed by atoms with E-state index in [9.17, 15) is 4.79 Å². The molecule has 1 N–H and O–H groups in total. The number of hydrogen-bond acceptors (Lipinski definition) is 6. The van der Waals surface area contributed by atoms with Crippen LogP contribution in [0.4, 0.5) is 5.13 Å². The lowest BCUT2D eigenvalue weighted by Crippen LogP contribution is -2.14. The Labute approximate surface area is 122 Å². The van der Waals surface area contributed by atoms with Crippen LogP contribution in [0.2, 0.25) is 0 Å². The van der Waals surface area contributed by atoms with E-state index in [4.69, 9.17) is 0 Å². The third-order valence-electron chi connectivity index (χ3n) is 2.51. The van der Waals surface area contributed by atoms with E-state index in [-0.39, 0.29) is 5.91 Å². The number of aryl methyl sites for hydroxylation is 1. The summed E-state index contributed by atoms with van der Waals surface area (Å²) in [6.45, 7) is 2.06. The number of aromatic nitrogens is 2. The summed E-state index contributed by atoms with van der Waals surface area (Å²) in [5.74, 6) is -0.0608. The molecule has 98 valence electrons. The molecule has 0 aromatic carbocycles. The summed E-state index contributed by atoms with van der Waals surface area (Å²) in [4.78, 5) is 20.6. The van der Waals surface area contributed by atoms with Crippen LogP contribution in [-0.4, -0.2) is 15.9 Å². The normalized spacial score (nSPS) is 11.0. The van der Waals surface area contributed by atoms with Gasteiger partial charge in [0.1, 0.15) is 4.01 Å². The second kappa shape index (κ2) is 5.36. The van der Waals surface area contributed by atoms with Gasteiger partial charge in [-0.1, -0.05) is 18.3 Å². The van der Waals surface area contributed by atoms with Gasteiger partial charge in [0.05, 0.1) is 22.6 Å². The molecule has 3 aromatic rings. The molecule has 1 amide bonds. The van der Waals surface area contributed by atoms with E-state index in [0.29, 0.717) is 11.6 Å². The summed E-state index contributed by atoms with van der Waals surface area (Å²) in [5.41, 5.74) is 1.78. The van der Waals surface area contributed by atoms with Crippen molar-refractivity contribution in [3.8, 4) is 0 Å². The average Bonchev–Trinajstić information content (AvgIpc) is 3.03. The SMILES string of the molecule is CCc1nc(CC(=O)Nc2nc3ccsc3s2)cs1. The predicted molar refractivity (Wildman–Crippen MR) is 81.3 cm³/mol. The number of amides is 1. The number of nitrogens with zero attached hydrogens (tertiary/aromatic N) is 2. The molecule has 0 bridgehead atoms. The highest BCUT2D eigenvalue weighted by Crippen LogP contribution is 2.30. The fourth-order valence-corrected chi connectivity index (χ4v) is 4.24. The van der Waals surface area contributed by atoms with Crippen LogP contribution in [0.1, 0.15) is 17.6 Å². The quantitative estimate of drug-likeness (QED) is 0.801. The van der Waals surface area contributed by atoms with Gasteiger partial charge in [-0.05, 0) is 17.9 Å². The minimum Gasteiger partial charge on any atom is -0.302 e. The number of thiazole rings is 2. The lowest BCUT2D eigenvalue weighted by atomic mass is 10.3. The van der Waals surface area contributed by atoms with Crippen molar-refractivity contribution in [1.29, 1.82) is 0 Å². The lowest BCUT2D eigenvalue weighted by molar-refractivity contribution is -0.115. The molecule has 3 rings (SSSR count). The Morgan fingerprint density at radius 3 is 3.00 bits per heavy atom. The van der Waals surface area contributed by atoms with Crippen molar-refractivity contribution in [2.75, 3.05) is 5.32 Å². The first-order valence-corrected chi connectivity index (χ1v) is 8.39. The fraction of sp³-hybridized carbons (Fsp3) is 0.250. The molecule has 19 heavy (non-hydrogen) atoms. The van der Waals surface area contributed by atoms with E-state index in [1.807, 2.05) is 16.8 Å². The van der Waals surface area contributed by atoms with Crippen molar-refractivity contribution < 1.29 is 4.79 Å². The summed E-state index contributed by atoms with van der Waals surface area (Å²) < 4.78 is 1.14. The Morgan fingerprint density at radius 2 is 2.26 bits per heavy atom. The number of anilines is 1. The van der Waals surface area contributed by atoms with Crippen molar-refractivity contribution in [3.05, 3.63) is 27.5 Å². The van der Waals surface area contributed by atoms with Crippen LogP contribution in [0.3, 0.4) is 0 Å². The number of thiophene rings is 1. The van der Waals surface area contributed by atoms with Crippen molar-refractivity contribution >= 4 is 54.6 Å². The van der Waals surface area contributed by atoms with Gasteiger partial charge in [0, 0.05) is 5.38 Å². The molecule has 0 saturated carbocycles. The first-order chi connectivity index (χ1) is 9.24. The summed E-state index contributed by atoms with van der Waals surface area (Å²) in [6, 6.07) is 1.96. The number of hydrogen-bond donors (Lipinski definition) is 1. The van der Waals surface area contributed by atoms with Gasteiger partial charge in [0.2, 0.25) is 5.91 Å². The van der Waals surface area contributed by atoms with Crippen molar-refractivity contribution in [1.82, 2.24) is 9.97 Å². The highest BCUT2D eigenvalue weighted by atomic mass is 32.2. The van der Waals surface area contributed by atoms with E-state index >= 15 is 0 Å². The van der Waals surface area contributed by atoms with Gasteiger partial charge in [-0.25, -0.2) is 9.97 Å². The molecule has 7 heteroatoms. The molecule has 0 aliphatic rings. The van der Waals surface area contributed by atoms with Crippen LogP contribution in [0.25, 0.3) is 9.53 Å². The number of nitrogens with one attached hydrogen (secondary N) is 1. The number of carbonyl (C=O) groups is 1. The average molecular weight is 309 g/mol. The van der Waals surface area contributed by atoms with E-state index in [0.717, 1.165) is 26.7 Å². The standard InChI is InChI=1S/C12H11N3OS3/c1-2-10-13-7(6-18-10)5-9(16)15-12-14-8-3-4-17-11(8)19-12/h3-4,6H,2,5H2,1H3,(H,14,15,16). The minimum absolute atomic E-state index is 0.0608. The van der Waals surface area contributed by atoms with Crippen LogP contribution >= 0.6 is 34.0 Å². The molecule has 0 saturated heterocycles. The maximum Gasteiger partial charge on any atom is 0.232 e. The molecule has 0 atom stereocenters. The maximum atomic E-state index is 11.9. The molecular weight excluding hydrogens is 298 g/mol. The molecule has 0 unspecified atom stereocenters. The summed E-state index contributed by atoms with van der Waals surface area (Å²) in [5, 5.41) is 8.51. The Balaban J connectivity index is 1.66. The zero-order valence-electron chi connectivity index (χ0n) is 10.2. The zero-order valence-corrected chi connectivity index (χ0v) is 12.6. The summed E-state index contributed by atoms with van der Waals surface area (Å²) >= 11 is 4.75. The first-order valence-electron chi connectivity index (χ1n) is 5.81. The number of rotatable bonds is 4. The van der Waals surface area contributed by atoms with Gasteiger partial charge < -0.3 is 5.32 Å². The maximum absolute atomic E-state index is 11.9. The monoisotopic (exact) mass is 309 g/mol. The van der Waals surface area contributed by atoms with Gasteiger partial charge in [0.15, 0.2) is 5.13 Å². The van der Waals surface area contributed by atoms with Crippen LogP contribution in [-0.2, 0) is 17.6 Å². The zero-order chi connectivity index (χ0) is 13.2. The van der Waals surface area contributed by atoms with E-state index in [2.05, 4.69) is 22.2 Å². The third kappa shape index (κ3) is 2.83. The number of fused-ring (bicyclic) bond motifs is 1. The molecule has 0 aliphatic heterocycles. The van der Waals surface area contributed by atoms with Gasteiger partial charge in [-0.15, -0.1) is 22.7 Å². The van der Waals surface area contributed by atoms with Crippen LogP contribution in [0, 0.1) is 0 Å². The largest absolute Gasteiger partial charge is 0.302 e. The Morgan fingerprint density at radius 1 is 1.37 bits per heavy atom. The fourth-order valence-electron chi connectivity index (χ4n) is 1.64. The van der Waals surface area contributed by atoms with Gasteiger partial charge in [0.25, 0.3) is 0 Å². The van der Waals surface area contributed by atoms with Crippen molar-refractivity contribution in [2.45, 2.75) is 19.8 Å².